The molecule has 2 rings (SSSR count). The molecule has 2 aromatic carbocycles. The second-order valence-corrected chi connectivity index (χ2v) is 7.29. The van der Waals surface area contributed by atoms with E-state index in [1.54, 1.807) is 0 Å². The molecule has 0 radical (unpaired) electrons. The number of amides is 1. The standard InChI is InChI=1S/C16H11F6NO4S/c1-27-13-6-5-11(28(25,26)16(20,21)22)8-12(13)23-14(24)9-3-2-4-10(7-9)15(17,18)19/h2-8H,1H3,(H,23,24). The highest BCUT2D eigenvalue weighted by molar-refractivity contribution is 7.92. The molecule has 0 unspecified atom stereocenters. The highest BCUT2D eigenvalue weighted by Crippen LogP contribution is 2.35. The second kappa shape index (κ2) is 7.34. The van der Waals surface area contributed by atoms with Crippen LogP contribution in [0.1, 0.15) is 15.9 Å². The van der Waals surface area contributed by atoms with E-state index in [1.807, 2.05) is 0 Å². The fraction of sp³-hybridized carbons (Fsp3) is 0.188. The molecule has 0 aliphatic rings. The Kier molecular flexibility index (Phi) is 5.64. The van der Waals surface area contributed by atoms with Gasteiger partial charge in [-0.05, 0) is 36.4 Å². The van der Waals surface area contributed by atoms with Crippen LogP contribution in [0.4, 0.5) is 32.0 Å². The van der Waals surface area contributed by atoms with Gasteiger partial charge in [-0.25, -0.2) is 8.42 Å². The Morgan fingerprint density at radius 1 is 1.00 bits per heavy atom. The molecule has 1 N–H and O–H groups in total. The fourth-order valence-electron chi connectivity index (χ4n) is 2.12. The van der Waals surface area contributed by atoms with Crippen molar-refractivity contribution in [3.8, 4) is 5.75 Å². The molecule has 5 nitrogen and oxygen atoms in total. The van der Waals surface area contributed by atoms with Crippen LogP contribution in [0.2, 0.25) is 0 Å². The number of hydrogen-bond acceptors (Lipinski definition) is 4. The number of ether oxygens (including phenoxy) is 1. The number of nitrogens with one attached hydrogen (secondary N) is 1. The number of hydrogen-bond donors (Lipinski definition) is 1. The van der Waals surface area contributed by atoms with Gasteiger partial charge in [0.05, 0.1) is 23.3 Å². The van der Waals surface area contributed by atoms with Crippen molar-refractivity contribution in [2.75, 3.05) is 12.4 Å². The number of anilines is 1. The summed E-state index contributed by atoms with van der Waals surface area (Å²) < 4.78 is 104. The minimum atomic E-state index is -5.71. The molecule has 0 aliphatic heterocycles. The number of alkyl halides is 6. The van der Waals surface area contributed by atoms with Crippen LogP contribution in [0.15, 0.2) is 47.4 Å². The van der Waals surface area contributed by atoms with E-state index < -0.39 is 49.1 Å². The van der Waals surface area contributed by atoms with Gasteiger partial charge in [-0.1, -0.05) is 6.07 Å². The molecule has 0 spiro atoms. The minimum Gasteiger partial charge on any atom is -0.495 e. The zero-order chi connectivity index (χ0) is 21.3. The van der Waals surface area contributed by atoms with E-state index in [-0.39, 0.29) is 5.75 Å². The van der Waals surface area contributed by atoms with Gasteiger partial charge in [0.1, 0.15) is 5.75 Å². The quantitative estimate of drug-likeness (QED) is 0.741. The number of carbonyl (C=O) groups excluding carboxylic acids is 1. The molecule has 0 aliphatic carbocycles. The van der Waals surface area contributed by atoms with E-state index in [9.17, 15) is 39.6 Å². The summed E-state index contributed by atoms with van der Waals surface area (Å²) in [5, 5.41) is 2.06. The van der Waals surface area contributed by atoms with Crippen molar-refractivity contribution in [2.24, 2.45) is 0 Å². The number of carbonyl (C=O) groups is 1. The summed E-state index contributed by atoms with van der Waals surface area (Å²) in [7, 11) is -4.60. The SMILES string of the molecule is COc1ccc(S(=O)(=O)C(F)(F)F)cc1NC(=O)c1cccc(C(F)(F)F)c1. The molecule has 0 fully saturated rings. The van der Waals surface area contributed by atoms with Crippen molar-refractivity contribution in [1.29, 1.82) is 0 Å². The van der Waals surface area contributed by atoms with Gasteiger partial charge in [-0.2, -0.15) is 26.3 Å². The average Bonchev–Trinajstić information content (AvgIpc) is 2.60. The first kappa shape index (κ1) is 21.5. The lowest BCUT2D eigenvalue weighted by atomic mass is 10.1. The van der Waals surface area contributed by atoms with Gasteiger partial charge in [0, 0.05) is 5.56 Å². The summed E-state index contributed by atoms with van der Waals surface area (Å²) in [6.45, 7) is 0. The normalized spacial score (nSPS) is 12.5. The molecule has 0 bridgehead atoms. The largest absolute Gasteiger partial charge is 0.501 e. The molecule has 1 amide bonds. The van der Waals surface area contributed by atoms with E-state index in [1.165, 1.54) is 0 Å². The molecule has 0 aromatic heterocycles. The van der Waals surface area contributed by atoms with Gasteiger partial charge >= 0.3 is 11.7 Å². The van der Waals surface area contributed by atoms with Crippen molar-refractivity contribution in [3.63, 3.8) is 0 Å². The lowest BCUT2D eigenvalue weighted by molar-refractivity contribution is -0.137. The molecule has 0 heterocycles. The summed E-state index contributed by atoms with van der Waals surface area (Å²) in [5.41, 5.74) is -7.60. The lowest BCUT2D eigenvalue weighted by Gasteiger charge is -2.14. The summed E-state index contributed by atoms with van der Waals surface area (Å²) in [4.78, 5) is 11.0. The number of methoxy groups -OCH3 is 1. The molecular formula is C16H11F6NO4S. The van der Waals surface area contributed by atoms with E-state index in [2.05, 4.69) is 5.32 Å². The second-order valence-electron chi connectivity index (χ2n) is 5.34. The molecule has 28 heavy (non-hydrogen) atoms. The van der Waals surface area contributed by atoms with Crippen LogP contribution in [-0.2, 0) is 16.0 Å². The summed E-state index contributed by atoms with van der Waals surface area (Å²) >= 11 is 0. The first-order valence-corrected chi connectivity index (χ1v) is 8.73. The summed E-state index contributed by atoms with van der Waals surface area (Å²) in [6, 6.07) is 5.30. The minimum absolute atomic E-state index is 0.193. The summed E-state index contributed by atoms with van der Waals surface area (Å²) in [6.07, 6.45) is -4.71. The zero-order valence-electron chi connectivity index (χ0n) is 13.9. The molecule has 0 saturated heterocycles. The van der Waals surface area contributed by atoms with Crippen molar-refractivity contribution < 1.29 is 44.3 Å². The van der Waals surface area contributed by atoms with E-state index >= 15 is 0 Å². The van der Waals surface area contributed by atoms with Crippen molar-refractivity contribution in [2.45, 2.75) is 16.6 Å². The van der Waals surface area contributed by atoms with Crippen molar-refractivity contribution in [3.05, 3.63) is 53.6 Å². The Hall–Kier alpha value is -2.76. The Morgan fingerprint density at radius 2 is 1.64 bits per heavy atom. The van der Waals surface area contributed by atoms with Crippen LogP contribution in [0.3, 0.4) is 0 Å². The third kappa shape index (κ3) is 4.38. The Morgan fingerprint density at radius 3 is 2.18 bits per heavy atom. The molecular weight excluding hydrogens is 416 g/mol. The number of halogens is 6. The Labute approximate surface area is 154 Å². The molecule has 12 heteroatoms. The van der Waals surface area contributed by atoms with Gasteiger partial charge in [-0.15, -0.1) is 0 Å². The van der Waals surface area contributed by atoms with E-state index in [4.69, 9.17) is 4.74 Å². The molecule has 2 aromatic rings. The maximum absolute atomic E-state index is 12.7. The van der Waals surface area contributed by atoms with Crippen molar-refractivity contribution >= 4 is 21.4 Å². The monoisotopic (exact) mass is 427 g/mol. The van der Waals surface area contributed by atoms with Gasteiger partial charge in [0.15, 0.2) is 0 Å². The van der Waals surface area contributed by atoms with Gasteiger partial charge in [0.2, 0.25) is 0 Å². The molecule has 0 atom stereocenters. The van der Waals surface area contributed by atoms with Crippen LogP contribution in [-0.4, -0.2) is 26.9 Å². The third-order valence-corrected chi connectivity index (χ3v) is 4.97. The summed E-state index contributed by atoms with van der Waals surface area (Å²) in [5.74, 6) is -1.30. The Bertz CT molecular complexity index is 999. The number of rotatable bonds is 4. The van der Waals surface area contributed by atoms with Gasteiger partial charge < -0.3 is 10.1 Å². The lowest BCUT2D eigenvalue weighted by Crippen LogP contribution is -2.23. The fourth-order valence-corrected chi connectivity index (χ4v) is 2.90. The third-order valence-electron chi connectivity index (χ3n) is 3.49. The smallest absolute Gasteiger partial charge is 0.495 e. The zero-order valence-corrected chi connectivity index (χ0v) is 14.7. The van der Waals surface area contributed by atoms with E-state index in [0.717, 1.165) is 31.4 Å². The van der Waals surface area contributed by atoms with Crippen molar-refractivity contribution in [1.82, 2.24) is 0 Å². The number of sulfone groups is 1. The topological polar surface area (TPSA) is 72.5 Å². The van der Waals surface area contributed by atoms with Crippen LogP contribution >= 0.6 is 0 Å². The average molecular weight is 427 g/mol. The van der Waals surface area contributed by atoms with E-state index in [0.29, 0.717) is 18.2 Å². The Balaban J connectivity index is 2.43. The maximum atomic E-state index is 12.7. The predicted octanol–water partition coefficient (Wildman–Crippen LogP) is 4.26. The van der Waals surface area contributed by atoms with Crippen LogP contribution in [0, 0.1) is 0 Å². The van der Waals surface area contributed by atoms with Gasteiger partial charge in [-0.3, -0.25) is 4.79 Å². The van der Waals surface area contributed by atoms with Crippen LogP contribution in [0.5, 0.6) is 5.75 Å². The van der Waals surface area contributed by atoms with Crippen LogP contribution < -0.4 is 10.1 Å². The first-order valence-electron chi connectivity index (χ1n) is 7.25. The number of benzene rings is 2. The maximum Gasteiger partial charge on any atom is 0.501 e. The molecule has 0 saturated carbocycles. The highest BCUT2D eigenvalue weighted by atomic mass is 32.2. The van der Waals surface area contributed by atoms with Crippen LogP contribution in [0.25, 0.3) is 0 Å². The highest BCUT2D eigenvalue weighted by Gasteiger charge is 2.47. The van der Waals surface area contributed by atoms with Gasteiger partial charge in [0.25, 0.3) is 15.7 Å². The predicted molar refractivity (Wildman–Crippen MR) is 85.6 cm³/mol. The molecule has 152 valence electrons. The first-order chi connectivity index (χ1) is 12.8.